The van der Waals surface area contributed by atoms with E-state index in [0.717, 1.165) is 12.1 Å². The summed E-state index contributed by atoms with van der Waals surface area (Å²) in [6.07, 6.45) is 1.39. The molecule has 0 bridgehead atoms. The van der Waals surface area contributed by atoms with Crippen molar-refractivity contribution >= 4 is 11.6 Å². The van der Waals surface area contributed by atoms with E-state index in [0.29, 0.717) is 11.8 Å². The van der Waals surface area contributed by atoms with Crippen LogP contribution < -0.4 is 5.32 Å². The number of halogens is 2. The molecule has 0 saturated carbocycles. The van der Waals surface area contributed by atoms with Crippen LogP contribution in [0.3, 0.4) is 0 Å². The number of rotatable bonds is 4. The summed E-state index contributed by atoms with van der Waals surface area (Å²) in [6.45, 7) is -0.456. The van der Waals surface area contributed by atoms with Crippen molar-refractivity contribution in [1.82, 2.24) is 15.0 Å². The quantitative estimate of drug-likeness (QED) is 0.854. The number of carbonyl (C=O) groups is 1. The number of nitrogens with zero attached hydrogens (tertiary/aromatic N) is 3. The number of aliphatic hydroxyl groups excluding tert-OH is 1. The Morgan fingerprint density at radius 2 is 2.00 bits per heavy atom. The lowest BCUT2D eigenvalue weighted by atomic mass is 10.3. The molecule has 0 radical (unpaired) electrons. The summed E-state index contributed by atoms with van der Waals surface area (Å²) in [6, 6.07) is 2.71. The highest BCUT2D eigenvalue weighted by atomic mass is 19.1. The molecule has 0 unspecified atom stereocenters. The third kappa shape index (κ3) is 3.55. The molecule has 100 valence electrons. The highest BCUT2D eigenvalue weighted by molar-refractivity contribution is 5.90. The first-order valence-corrected chi connectivity index (χ1v) is 5.32. The summed E-state index contributed by atoms with van der Waals surface area (Å²) in [5.41, 5.74) is 0.342. The van der Waals surface area contributed by atoms with Crippen LogP contribution in [0.2, 0.25) is 0 Å². The first kappa shape index (κ1) is 13.1. The maximum atomic E-state index is 12.9. The number of hydrogen-bond donors (Lipinski definition) is 2. The Hall–Kier alpha value is -2.35. The largest absolute Gasteiger partial charge is 0.390 e. The van der Waals surface area contributed by atoms with Gasteiger partial charge in [0.15, 0.2) is 0 Å². The van der Waals surface area contributed by atoms with Gasteiger partial charge in [-0.1, -0.05) is 5.21 Å². The van der Waals surface area contributed by atoms with Gasteiger partial charge in [-0.2, -0.15) is 0 Å². The lowest BCUT2D eigenvalue weighted by molar-refractivity contribution is -0.116. The van der Waals surface area contributed by atoms with Crippen LogP contribution in [0.1, 0.15) is 5.69 Å². The van der Waals surface area contributed by atoms with Gasteiger partial charge in [0, 0.05) is 11.8 Å². The molecule has 0 aliphatic rings. The number of aliphatic hydroxyl groups is 1. The molecule has 0 aliphatic carbocycles. The van der Waals surface area contributed by atoms with E-state index in [2.05, 4.69) is 15.6 Å². The fraction of sp³-hybridized carbons (Fsp3) is 0.182. The van der Waals surface area contributed by atoms with Crippen molar-refractivity contribution in [2.45, 2.75) is 13.2 Å². The van der Waals surface area contributed by atoms with Gasteiger partial charge in [0.2, 0.25) is 5.91 Å². The Morgan fingerprint density at radius 3 is 2.58 bits per heavy atom. The molecule has 1 heterocycles. The van der Waals surface area contributed by atoms with Gasteiger partial charge >= 0.3 is 0 Å². The summed E-state index contributed by atoms with van der Waals surface area (Å²) in [5, 5.41) is 18.3. The van der Waals surface area contributed by atoms with E-state index in [9.17, 15) is 13.6 Å². The lowest BCUT2D eigenvalue weighted by Gasteiger charge is -2.05. The van der Waals surface area contributed by atoms with E-state index >= 15 is 0 Å². The Balaban J connectivity index is 2.00. The molecular weight excluding hydrogens is 258 g/mol. The van der Waals surface area contributed by atoms with Crippen LogP contribution in [-0.2, 0) is 17.9 Å². The SMILES string of the molecule is O=C(Cn1cc(CO)nn1)Nc1cc(F)cc(F)c1. The van der Waals surface area contributed by atoms with Crippen LogP contribution in [0.15, 0.2) is 24.4 Å². The summed E-state index contributed by atoms with van der Waals surface area (Å²) in [7, 11) is 0. The number of carbonyl (C=O) groups excluding carboxylic acids is 1. The van der Waals surface area contributed by atoms with Crippen molar-refractivity contribution in [2.24, 2.45) is 0 Å². The van der Waals surface area contributed by atoms with E-state index in [4.69, 9.17) is 5.11 Å². The minimum atomic E-state index is -0.779. The van der Waals surface area contributed by atoms with E-state index in [-0.39, 0.29) is 18.8 Å². The van der Waals surface area contributed by atoms with Gasteiger partial charge in [0.25, 0.3) is 0 Å². The van der Waals surface area contributed by atoms with Gasteiger partial charge in [-0.25, -0.2) is 13.5 Å². The van der Waals surface area contributed by atoms with Crippen molar-refractivity contribution in [3.8, 4) is 0 Å². The van der Waals surface area contributed by atoms with E-state index in [1.165, 1.54) is 10.9 Å². The van der Waals surface area contributed by atoms with E-state index in [1.54, 1.807) is 0 Å². The van der Waals surface area contributed by atoms with Gasteiger partial charge in [-0.3, -0.25) is 4.79 Å². The zero-order chi connectivity index (χ0) is 13.8. The zero-order valence-corrected chi connectivity index (χ0v) is 9.68. The van der Waals surface area contributed by atoms with Gasteiger partial charge in [0.05, 0.1) is 12.8 Å². The van der Waals surface area contributed by atoms with E-state index < -0.39 is 17.5 Å². The van der Waals surface area contributed by atoms with Gasteiger partial charge in [-0.05, 0) is 12.1 Å². The van der Waals surface area contributed by atoms with Crippen LogP contribution >= 0.6 is 0 Å². The highest BCUT2D eigenvalue weighted by Gasteiger charge is 2.08. The molecule has 0 aliphatic heterocycles. The Bertz CT molecular complexity index is 580. The second-order valence-electron chi connectivity index (χ2n) is 3.77. The van der Waals surface area contributed by atoms with Crippen LogP contribution in [0.4, 0.5) is 14.5 Å². The molecule has 2 aromatic rings. The number of anilines is 1. The van der Waals surface area contributed by atoms with Gasteiger partial charge < -0.3 is 10.4 Å². The maximum absolute atomic E-state index is 12.9. The molecule has 2 rings (SSSR count). The average molecular weight is 268 g/mol. The third-order valence-corrected chi connectivity index (χ3v) is 2.20. The second kappa shape index (κ2) is 5.53. The number of nitrogens with one attached hydrogen (secondary N) is 1. The number of benzene rings is 1. The van der Waals surface area contributed by atoms with Crippen molar-refractivity contribution in [1.29, 1.82) is 0 Å². The molecule has 2 N–H and O–H groups in total. The van der Waals surface area contributed by atoms with Crippen molar-refractivity contribution in [2.75, 3.05) is 5.32 Å². The summed E-state index contributed by atoms with van der Waals surface area (Å²) < 4.78 is 27.0. The minimum Gasteiger partial charge on any atom is -0.390 e. The minimum absolute atomic E-state index is 0.0185. The molecule has 19 heavy (non-hydrogen) atoms. The molecule has 0 spiro atoms. The van der Waals surface area contributed by atoms with Crippen molar-refractivity contribution in [3.63, 3.8) is 0 Å². The fourth-order valence-electron chi connectivity index (χ4n) is 1.46. The Labute approximate surface area is 106 Å². The summed E-state index contributed by atoms with van der Waals surface area (Å²) >= 11 is 0. The molecule has 0 atom stereocenters. The van der Waals surface area contributed by atoms with E-state index in [1.807, 2.05) is 0 Å². The standard InChI is InChI=1S/C11H10F2N4O2/c12-7-1-8(13)3-9(2-7)14-11(19)5-17-4-10(6-18)15-16-17/h1-4,18H,5-6H2,(H,14,19). The maximum Gasteiger partial charge on any atom is 0.246 e. The van der Waals surface area contributed by atoms with Gasteiger partial charge in [-0.15, -0.1) is 5.10 Å². The molecule has 6 nitrogen and oxygen atoms in total. The predicted octanol–water partition coefficient (Wildman–Crippen LogP) is 0.687. The molecule has 1 aromatic heterocycles. The van der Waals surface area contributed by atoms with Crippen molar-refractivity contribution in [3.05, 3.63) is 41.7 Å². The fourth-order valence-corrected chi connectivity index (χ4v) is 1.46. The Morgan fingerprint density at radius 1 is 1.32 bits per heavy atom. The topological polar surface area (TPSA) is 80.0 Å². The summed E-state index contributed by atoms with van der Waals surface area (Å²) in [5.74, 6) is -2.07. The third-order valence-electron chi connectivity index (χ3n) is 2.20. The molecule has 0 fully saturated rings. The first-order chi connectivity index (χ1) is 9.06. The average Bonchev–Trinajstić information content (AvgIpc) is 2.74. The van der Waals surface area contributed by atoms with Gasteiger partial charge in [0.1, 0.15) is 23.9 Å². The van der Waals surface area contributed by atoms with Crippen molar-refractivity contribution < 1.29 is 18.7 Å². The van der Waals surface area contributed by atoms with Crippen LogP contribution in [0.25, 0.3) is 0 Å². The lowest BCUT2D eigenvalue weighted by Crippen LogP contribution is -2.19. The molecule has 0 saturated heterocycles. The number of hydrogen-bond acceptors (Lipinski definition) is 4. The zero-order valence-electron chi connectivity index (χ0n) is 9.68. The monoisotopic (exact) mass is 268 g/mol. The molecule has 8 heteroatoms. The second-order valence-corrected chi connectivity index (χ2v) is 3.77. The number of aromatic nitrogens is 3. The molecule has 1 aromatic carbocycles. The summed E-state index contributed by atoms with van der Waals surface area (Å²) in [4.78, 5) is 11.6. The normalized spacial score (nSPS) is 10.5. The van der Waals surface area contributed by atoms with Crippen LogP contribution in [0, 0.1) is 11.6 Å². The van der Waals surface area contributed by atoms with Crippen LogP contribution in [-0.4, -0.2) is 26.0 Å². The predicted molar refractivity (Wildman–Crippen MR) is 60.9 cm³/mol. The molecule has 1 amide bonds. The molecular formula is C11H10F2N4O2. The number of amides is 1. The first-order valence-electron chi connectivity index (χ1n) is 5.32. The highest BCUT2D eigenvalue weighted by Crippen LogP contribution is 2.12. The smallest absolute Gasteiger partial charge is 0.246 e. The Kier molecular flexibility index (Phi) is 3.81. The van der Waals surface area contributed by atoms with Crippen LogP contribution in [0.5, 0.6) is 0 Å².